The first kappa shape index (κ1) is 16.6. The van der Waals surface area contributed by atoms with E-state index in [0.29, 0.717) is 32.1 Å². The van der Waals surface area contributed by atoms with E-state index in [-0.39, 0.29) is 4.90 Å². The molecule has 1 aliphatic heterocycles. The highest BCUT2D eigenvalue weighted by Crippen LogP contribution is 2.38. The van der Waals surface area contributed by atoms with Gasteiger partial charge in [-0.2, -0.15) is 8.82 Å². The molecular formula is C17H19N7O2S. The number of hydrogen-bond donors (Lipinski definition) is 0. The molecule has 3 aromatic heterocycles. The maximum atomic E-state index is 12.7. The van der Waals surface area contributed by atoms with Crippen molar-refractivity contribution < 1.29 is 8.42 Å². The summed E-state index contributed by atoms with van der Waals surface area (Å²) >= 11 is 0. The van der Waals surface area contributed by atoms with Crippen molar-refractivity contribution in [3.63, 3.8) is 0 Å². The number of hydrogen-bond acceptors (Lipinski definition) is 7. The van der Waals surface area contributed by atoms with E-state index in [0.717, 1.165) is 30.1 Å². The lowest BCUT2D eigenvalue weighted by atomic mass is 10.3. The molecule has 27 heavy (non-hydrogen) atoms. The summed E-state index contributed by atoms with van der Waals surface area (Å²) in [4.78, 5) is 6.25. The number of nitrogens with zero attached hydrogens (tertiary/aromatic N) is 7. The van der Waals surface area contributed by atoms with Crippen LogP contribution in [0, 0.1) is 0 Å². The second-order valence-electron chi connectivity index (χ2n) is 6.87. The maximum Gasteiger partial charge on any atom is 0.244 e. The van der Waals surface area contributed by atoms with Crippen molar-refractivity contribution in [1.29, 1.82) is 0 Å². The van der Waals surface area contributed by atoms with Gasteiger partial charge in [-0.3, -0.25) is 4.98 Å². The van der Waals surface area contributed by atoms with E-state index < -0.39 is 10.0 Å². The van der Waals surface area contributed by atoms with E-state index in [1.54, 1.807) is 18.3 Å². The zero-order chi connectivity index (χ0) is 18.4. The average molecular weight is 385 g/mol. The third kappa shape index (κ3) is 2.94. The monoisotopic (exact) mass is 385 g/mol. The minimum atomic E-state index is -3.50. The first-order chi connectivity index (χ1) is 13.1. The fourth-order valence-electron chi connectivity index (χ4n) is 3.37. The minimum absolute atomic E-state index is 0.233. The van der Waals surface area contributed by atoms with Crippen LogP contribution in [0.5, 0.6) is 0 Å². The minimum Gasteiger partial charge on any atom is -0.353 e. The van der Waals surface area contributed by atoms with Gasteiger partial charge in [0.15, 0.2) is 11.5 Å². The Hall–Kier alpha value is -2.59. The molecule has 4 heterocycles. The van der Waals surface area contributed by atoms with Gasteiger partial charge in [-0.15, -0.1) is 15.3 Å². The van der Waals surface area contributed by atoms with E-state index in [9.17, 15) is 8.42 Å². The predicted octanol–water partition coefficient (Wildman–Crippen LogP) is 0.908. The molecule has 5 rings (SSSR count). The molecular weight excluding hydrogens is 366 g/mol. The van der Waals surface area contributed by atoms with Crippen LogP contribution in [-0.2, 0) is 10.0 Å². The Kier molecular flexibility index (Phi) is 3.83. The molecule has 1 saturated heterocycles. The highest BCUT2D eigenvalue weighted by Gasteiger charge is 2.31. The van der Waals surface area contributed by atoms with Gasteiger partial charge in [0, 0.05) is 44.5 Å². The highest BCUT2D eigenvalue weighted by atomic mass is 32.2. The molecule has 1 saturated carbocycles. The standard InChI is InChI=1S/C17H19N7O2S/c25-27(26,14-2-1-7-18-12-14)23-10-8-22(9-11-23)16-6-5-15-19-20-17(13-3-4-13)24(15)21-16/h1-2,5-7,12-13H,3-4,8-11H2. The van der Waals surface area contributed by atoms with Crippen molar-refractivity contribution in [3.05, 3.63) is 42.5 Å². The summed E-state index contributed by atoms with van der Waals surface area (Å²) in [6.07, 6.45) is 5.23. The molecule has 0 bridgehead atoms. The lowest BCUT2D eigenvalue weighted by molar-refractivity contribution is 0.383. The highest BCUT2D eigenvalue weighted by molar-refractivity contribution is 7.89. The van der Waals surface area contributed by atoms with Gasteiger partial charge >= 0.3 is 0 Å². The second-order valence-corrected chi connectivity index (χ2v) is 8.81. The fraction of sp³-hybridized carbons (Fsp3) is 0.412. The lowest BCUT2D eigenvalue weighted by Crippen LogP contribution is -2.49. The molecule has 10 heteroatoms. The average Bonchev–Trinajstić information content (AvgIpc) is 3.47. The first-order valence-corrected chi connectivity index (χ1v) is 10.4. The number of pyridine rings is 1. The topological polar surface area (TPSA) is 96.6 Å². The van der Waals surface area contributed by atoms with Crippen molar-refractivity contribution >= 4 is 21.5 Å². The smallest absolute Gasteiger partial charge is 0.244 e. The molecule has 1 aliphatic carbocycles. The molecule has 0 amide bonds. The Balaban J connectivity index is 1.35. The zero-order valence-corrected chi connectivity index (χ0v) is 15.5. The van der Waals surface area contributed by atoms with E-state index >= 15 is 0 Å². The van der Waals surface area contributed by atoms with Gasteiger partial charge in [-0.1, -0.05) is 0 Å². The van der Waals surface area contributed by atoms with Crippen molar-refractivity contribution in [2.24, 2.45) is 0 Å². The number of aromatic nitrogens is 5. The molecule has 140 valence electrons. The van der Waals surface area contributed by atoms with Crippen LogP contribution in [0.1, 0.15) is 24.6 Å². The van der Waals surface area contributed by atoms with Crippen LogP contribution in [-0.4, -0.2) is 63.7 Å². The third-order valence-corrected chi connectivity index (χ3v) is 6.93. The molecule has 3 aromatic rings. The largest absolute Gasteiger partial charge is 0.353 e. The fourth-order valence-corrected chi connectivity index (χ4v) is 4.75. The molecule has 0 atom stereocenters. The van der Waals surface area contributed by atoms with Gasteiger partial charge in [-0.05, 0) is 37.1 Å². The van der Waals surface area contributed by atoms with E-state index in [1.165, 1.54) is 10.5 Å². The Morgan fingerprint density at radius 2 is 1.81 bits per heavy atom. The van der Waals surface area contributed by atoms with Gasteiger partial charge in [0.25, 0.3) is 0 Å². The van der Waals surface area contributed by atoms with Crippen molar-refractivity contribution in [3.8, 4) is 0 Å². The van der Waals surface area contributed by atoms with E-state index in [2.05, 4.69) is 20.1 Å². The van der Waals surface area contributed by atoms with Crippen molar-refractivity contribution in [2.45, 2.75) is 23.7 Å². The van der Waals surface area contributed by atoms with Crippen molar-refractivity contribution in [1.82, 2.24) is 29.1 Å². The van der Waals surface area contributed by atoms with Crippen LogP contribution >= 0.6 is 0 Å². The summed E-state index contributed by atoms with van der Waals surface area (Å²) in [6, 6.07) is 7.06. The summed E-state index contributed by atoms with van der Waals surface area (Å²) < 4.78 is 28.8. The van der Waals surface area contributed by atoms with Crippen LogP contribution in [0.15, 0.2) is 41.6 Å². The molecule has 9 nitrogen and oxygen atoms in total. The molecule has 0 N–H and O–H groups in total. The van der Waals surface area contributed by atoms with Gasteiger partial charge in [0.1, 0.15) is 10.7 Å². The lowest BCUT2D eigenvalue weighted by Gasteiger charge is -2.34. The summed E-state index contributed by atoms with van der Waals surface area (Å²) in [7, 11) is -3.50. The predicted molar refractivity (Wildman–Crippen MR) is 98.0 cm³/mol. The summed E-state index contributed by atoms with van der Waals surface area (Å²) in [6.45, 7) is 1.99. The number of rotatable bonds is 4. The summed E-state index contributed by atoms with van der Waals surface area (Å²) in [5.41, 5.74) is 0.749. The Bertz CT molecular complexity index is 1070. The number of sulfonamides is 1. The van der Waals surface area contributed by atoms with Crippen LogP contribution in [0.25, 0.3) is 5.65 Å². The second kappa shape index (κ2) is 6.24. The van der Waals surface area contributed by atoms with Crippen LogP contribution in [0.4, 0.5) is 5.82 Å². The Labute approximate surface area is 156 Å². The quantitative estimate of drug-likeness (QED) is 0.658. The van der Waals surface area contributed by atoms with Crippen LogP contribution < -0.4 is 4.90 Å². The van der Waals surface area contributed by atoms with Gasteiger partial charge < -0.3 is 4.90 Å². The Morgan fingerprint density at radius 1 is 1.00 bits per heavy atom. The van der Waals surface area contributed by atoms with Crippen LogP contribution in [0.3, 0.4) is 0 Å². The first-order valence-electron chi connectivity index (χ1n) is 9.00. The SMILES string of the molecule is O=S(=O)(c1cccnc1)N1CCN(c2ccc3nnc(C4CC4)n3n2)CC1. The molecule has 0 radical (unpaired) electrons. The third-order valence-electron chi connectivity index (χ3n) is 5.05. The molecule has 0 spiro atoms. The van der Waals surface area contributed by atoms with Crippen molar-refractivity contribution in [2.75, 3.05) is 31.1 Å². The van der Waals surface area contributed by atoms with E-state index in [4.69, 9.17) is 5.10 Å². The molecule has 2 aliphatic rings. The number of fused-ring (bicyclic) bond motifs is 1. The van der Waals surface area contributed by atoms with Gasteiger partial charge in [0.2, 0.25) is 10.0 Å². The Morgan fingerprint density at radius 3 is 2.52 bits per heavy atom. The number of anilines is 1. The normalized spacial score (nSPS) is 18.9. The van der Waals surface area contributed by atoms with E-state index in [1.807, 2.05) is 16.6 Å². The molecule has 2 fully saturated rings. The number of piperazine rings is 1. The summed E-state index contributed by atoms with van der Waals surface area (Å²) in [5, 5.41) is 13.1. The molecule has 0 aromatic carbocycles. The maximum absolute atomic E-state index is 12.7. The van der Waals surface area contributed by atoms with Gasteiger partial charge in [-0.25, -0.2) is 8.42 Å². The van der Waals surface area contributed by atoms with Crippen LogP contribution in [0.2, 0.25) is 0 Å². The molecule has 0 unspecified atom stereocenters. The van der Waals surface area contributed by atoms with Gasteiger partial charge in [0.05, 0.1) is 0 Å². The summed E-state index contributed by atoms with van der Waals surface area (Å²) in [5.74, 6) is 2.21. The zero-order valence-electron chi connectivity index (χ0n) is 14.6.